The molecule has 2 unspecified atom stereocenters. The number of benzene rings is 1. The van der Waals surface area contributed by atoms with Gasteiger partial charge in [-0.3, -0.25) is 0 Å². The molecule has 0 aliphatic carbocycles. The maximum atomic E-state index is 13.3. The van der Waals surface area contributed by atoms with Crippen LogP contribution in [0.4, 0.5) is 4.39 Å². The molecule has 2 nitrogen and oxygen atoms in total. The van der Waals surface area contributed by atoms with E-state index < -0.39 is 0 Å². The number of nitrogens with one attached hydrogen (secondary N) is 1. The summed E-state index contributed by atoms with van der Waals surface area (Å²) in [5.41, 5.74) is 0.946. The van der Waals surface area contributed by atoms with Crippen molar-refractivity contribution in [3.8, 4) is 0 Å². The first-order valence-electron chi connectivity index (χ1n) is 6.26. The smallest absolute Gasteiger partial charge is 0.123 e. The Hall–Kier alpha value is -0.580. The fourth-order valence-electron chi connectivity index (χ4n) is 1.41. The summed E-state index contributed by atoms with van der Waals surface area (Å²) in [5.74, 6) is -0.218. The fraction of sp³-hybridized carbons (Fsp3) is 0.571. The van der Waals surface area contributed by atoms with Crippen LogP contribution in [-0.4, -0.2) is 22.5 Å². The molecule has 1 aromatic rings. The zero-order chi connectivity index (χ0) is 13.7. The van der Waals surface area contributed by atoms with Crippen LogP contribution < -0.4 is 5.32 Å². The van der Waals surface area contributed by atoms with Gasteiger partial charge in [-0.1, -0.05) is 20.8 Å². The van der Waals surface area contributed by atoms with Gasteiger partial charge in [-0.05, 0) is 30.7 Å². The Bertz CT molecular complexity index is 382. The van der Waals surface area contributed by atoms with Gasteiger partial charge in [0.25, 0.3) is 0 Å². The predicted octanol–water partition coefficient (Wildman–Crippen LogP) is 3.19. The van der Waals surface area contributed by atoms with Crippen LogP contribution >= 0.6 is 11.8 Å². The maximum Gasteiger partial charge on any atom is 0.123 e. The second-order valence-electron chi connectivity index (χ2n) is 4.85. The highest BCUT2D eigenvalue weighted by atomic mass is 32.2. The molecule has 0 aliphatic heterocycles. The molecule has 0 radical (unpaired) electrons. The molecular formula is C14H22FNOS. The van der Waals surface area contributed by atoms with Crippen LogP contribution in [0.3, 0.4) is 0 Å². The number of aliphatic hydroxyl groups excluding tert-OH is 1. The lowest BCUT2D eigenvalue weighted by Crippen LogP contribution is -2.22. The Morgan fingerprint density at radius 2 is 1.94 bits per heavy atom. The summed E-state index contributed by atoms with van der Waals surface area (Å²) in [6.45, 7) is 8.50. The lowest BCUT2D eigenvalue weighted by Gasteiger charge is -2.17. The Balaban J connectivity index is 2.82. The summed E-state index contributed by atoms with van der Waals surface area (Å²) >= 11 is 1.58. The van der Waals surface area contributed by atoms with E-state index in [1.54, 1.807) is 30.8 Å². The Morgan fingerprint density at radius 3 is 2.50 bits per heavy atom. The van der Waals surface area contributed by atoms with Crippen LogP contribution in [0.5, 0.6) is 0 Å². The van der Waals surface area contributed by atoms with Crippen molar-refractivity contribution >= 4 is 11.8 Å². The van der Waals surface area contributed by atoms with Gasteiger partial charge in [-0.25, -0.2) is 4.39 Å². The maximum absolute atomic E-state index is 13.3. The van der Waals surface area contributed by atoms with Gasteiger partial charge in [-0.15, -0.1) is 11.8 Å². The van der Waals surface area contributed by atoms with E-state index >= 15 is 0 Å². The number of hydrogen-bond donors (Lipinski definition) is 2. The van der Waals surface area contributed by atoms with E-state index in [1.807, 2.05) is 6.92 Å². The van der Waals surface area contributed by atoms with Gasteiger partial charge in [0.1, 0.15) is 5.82 Å². The second-order valence-corrected chi connectivity index (χ2v) is 6.27. The topological polar surface area (TPSA) is 32.3 Å². The number of rotatable bonds is 6. The standard InChI is InChI=1S/C14H22FNOS/c1-9(2)16-8-12-7-13(15)5-6-14(12)18-11(4)10(3)17/h5-7,9-11,16-17H,8H2,1-4H3. The predicted molar refractivity (Wildman–Crippen MR) is 75.4 cm³/mol. The lowest BCUT2D eigenvalue weighted by atomic mass is 10.2. The minimum Gasteiger partial charge on any atom is -0.392 e. The SMILES string of the molecule is CC(C)NCc1cc(F)ccc1SC(C)C(C)O. The van der Waals surface area contributed by atoms with E-state index in [9.17, 15) is 9.50 Å². The first-order chi connectivity index (χ1) is 8.40. The van der Waals surface area contributed by atoms with E-state index in [-0.39, 0.29) is 17.2 Å². The van der Waals surface area contributed by atoms with E-state index in [0.717, 1.165) is 10.5 Å². The van der Waals surface area contributed by atoms with Crippen molar-refractivity contribution in [1.29, 1.82) is 0 Å². The molecule has 0 saturated heterocycles. The molecule has 0 spiro atoms. The number of hydrogen-bond acceptors (Lipinski definition) is 3. The first kappa shape index (κ1) is 15.5. The Labute approximate surface area is 113 Å². The molecule has 0 fully saturated rings. The highest BCUT2D eigenvalue weighted by Gasteiger charge is 2.13. The van der Waals surface area contributed by atoms with Crippen molar-refractivity contribution in [2.45, 2.75) is 56.5 Å². The minimum absolute atomic E-state index is 0.0910. The molecule has 2 N–H and O–H groups in total. The van der Waals surface area contributed by atoms with Gasteiger partial charge in [0.2, 0.25) is 0 Å². The van der Waals surface area contributed by atoms with E-state index in [2.05, 4.69) is 19.2 Å². The average Bonchev–Trinajstić information content (AvgIpc) is 2.29. The molecular weight excluding hydrogens is 249 g/mol. The molecule has 18 heavy (non-hydrogen) atoms. The Kier molecular flexibility index (Phi) is 6.12. The third-order valence-corrected chi connectivity index (χ3v) is 4.13. The summed E-state index contributed by atoms with van der Waals surface area (Å²) in [6.07, 6.45) is -0.383. The summed E-state index contributed by atoms with van der Waals surface area (Å²) in [7, 11) is 0. The molecule has 0 bridgehead atoms. The largest absolute Gasteiger partial charge is 0.392 e. The van der Waals surface area contributed by atoms with Gasteiger partial charge in [0.15, 0.2) is 0 Å². The van der Waals surface area contributed by atoms with Crippen LogP contribution in [-0.2, 0) is 6.54 Å². The van der Waals surface area contributed by atoms with Crippen molar-refractivity contribution in [3.63, 3.8) is 0 Å². The number of thioether (sulfide) groups is 1. The quantitative estimate of drug-likeness (QED) is 0.779. The monoisotopic (exact) mass is 271 g/mol. The number of aliphatic hydroxyl groups is 1. The fourth-order valence-corrected chi connectivity index (χ4v) is 2.44. The Morgan fingerprint density at radius 1 is 1.28 bits per heavy atom. The molecule has 4 heteroatoms. The normalized spacial score (nSPS) is 14.8. The van der Waals surface area contributed by atoms with Crippen LogP contribution in [0.1, 0.15) is 33.3 Å². The summed E-state index contributed by atoms with van der Waals surface area (Å²) in [6, 6.07) is 5.18. The van der Waals surface area contributed by atoms with Crippen LogP contribution in [0.2, 0.25) is 0 Å². The van der Waals surface area contributed by atoms with Crippen molar-refractivity contribution < 1.29 is 9.50 Å². The molecule has 0 saturated carbocycles. The highest BCUT2D eigenvalue weighted by Crippen LogP contribution is 2.29. The molecule has 2 atom stereocenters. The molecule has 0 aromatic heterocycles. The summed E-state index contributed by atoms with van der Waals surface area (Å²) in [5, 5.41) is 12.9. The molecule has 0 amide bonds. The molecule has 1 aromatic carbocycles. The third kappa shape index (κ3) is 4.96. The third-order valence-electron chi connectivity index (χ3n) is 2.72. The minimum atomic E-state index is -0.383. The van der Waals surface area contributed by atoms with Crippen molar-refractivity contribution in [1.82, 2.24) is 5.32 Å². The highest BCUT2D eigenvalue weighted by molar-refractivity contribution is 8.00. The second kappa shape index (κ2) is 7.12. The van der Waals surface area contributed by atoms with Gasteiger partial charge in [0, 0.05) is 22.7 Å². The first-order valence-corrected chi connectivity index (χ1v) is 7.14. The molecule has 1 rings (SSSR count). The zero-order valence-corrected chi connectivity index (χ0v) is 12.2. The van der Waals surface area contributed by atoms with Gasteiger partial charge < -0.3 is 10.4 Å². The summed E-state index contributed by atoms with van der Waals surface area (Å²) < 4.78 is 13.3. The van der Waals surface area contributed by atoms with Crippen LogP contribution in [0.25, 0.3) is 0 Å². The van der Waals surface area contributed by atoms with Gasteiger partial charge in [-0.2, -0.15) is 0 Å². The molecule has 102 valence electrons. The van der Waals surface area contributed by atoms with Crippen molar-refractivity contribution in [2.24, 2.45) is 0 Å². The van der Waals surface area contributed by atoms with E-state index in [0.29, 0.717) is 12.6 Å². The van der Waals surface area contributed by atoms with Crippen LogP contribution in [0.15, 0.2) is 23.1 Å². The van der Waals surface area contributed by atoms with E-state index in [1.165, 1.54) is 6.07 Å². The number of halogens is 1. The molecule has 0 aliphatic rings. The lowest BCUT2D eigenvalue weighted by molar-refractivity contribution is 0.196. The van der Waals surface area contributed by atoms with E-state index in [4.69, 9.17) is 0 Å². The van der Waals surface area contributed by atoms with Gasteiger partial charge >= 0.3 is 0 Å². The van der Waals surface area contributed by atoms with Crippen molar-refractivity contribution in [3.05, 3.63) is 29.6 Å². The average molecular weight is 271 g/mol. The van der Waals surface area contributed by atoms with Crippen LogP contribution in [0, 0.1) is 5.82 Å². The van der Waals surface area contributed by atoms with Crippen molar-refractivity contribution in [2.75, 3.05) is 0 Å². The summed E-state index contributed by atoms with van der Waals surface area (Å²) in [4.78, 5) is 1.03. The molecule has 0 heterocycles. The van der Waals surface area contributed by atoms with Gasteiger partial charge in [0.05, 0.1) is 6.10 Å². The zero-order valence-electron chi connectivity index (χ0n) is 11.4.